The molecule has 0 bridgehead atoms. The van der Waals surface area contributed by atoms with Crippen LogP contribution in [0.3, 0.4) is 0 Å². The maximum Gasteiger partial charge on any atom is 0 e. The van der Waals surface area contributed by atoms with Crippen molar-refractivity contribution >= 4 is 0 Å². The van der Waals surface area contributed by atoms with Crippen LogP contribution in [0.15, 0.2) is 0 Å². The van der Waals surface area contributed by atoms with Crippen LogP contribution in [0.2, 0.25) is 0 Å². The maximum atomic E-state index is 4.18. The molecule has 2 fully saturated rings. The van der Waals surface area contributed by atoms with Crippen LogP contribution in [0.1, 0.15) is 38.5 Å². The Morgan fingerprint density at radius 3 is 0.800 bits per heavy atom. The minimum Gasteiger partial charge on any atom is -1.00 e. The summed E-state index contributed by atoms with van der Waals surface area (Å²) in [5.41, 5.74) is 0. The molecule has 2 heterocycles. The van der Waals surface area contributed by atoms with E-state index < -0.39 is 0 Å². The van der Waals surface area contributed by atoms with Crippen molar-refractivity contribution in [1.82, 2.24) is 0 Å². The molecular weight excluding hydrogens is 367 g/mol. The molecule has 0 amide bonds. The molecule has 5 heteroatoms. The number of rotatable bonds is 0. The van der Waals surface area contributed by atoms with E-state index in [9.17, 15) is 0 Å². The summed E-state index contributed by atoms with van der Waals surface area (Å²) in [6.07, 6.45) is 8.15. The van der Waals surface area contributed by atoms with Gasteiger partial charge in [0.25, 0.3) is 0 Å². The Kier molecular flexibility index (Phi) is 25.6. The van der Waals surface area contributed by atoms with Gasteiger partial charge < -0.3 is 44.6 Å². The predicted molar refractivity (Wildman–Crippen MR) is 53.9 cm³/mol. The molecule has 0 atom stereocenters. The topological polar surface area (TPSA) is 28.2 Å². The Bertz CT molecular complexity index is 64.4. The number of hydrogen-bond acceptors (Lipinski definition) is 0. The molecule has 2 saturated heterocycles. The first-order valence-electron chi connectivity index (χ1n) is 5.26. The van der Waals surface area contributed by atoms with Crippen LogP contribution >= 0.6 is 0 Å². The van der Waals surface area contributed by atoms with Gasteiger partial charge in [0.15, 0.2) is 0 Å². The first kappa shape index (κ1) is 21.6. The van der Waals surface area contributed by atoms with Crippen LogP contribution in [0.5, 0.6) is 0 Å². The average molecular weight is 387 g/mol. The Morgan fingerprint density at radius 1 is 0.467 bits per heavy atom. The molecular formula is C10H20Br2N2Ni-4. The van der Waals surface area contributed by atoms with Gasteiger partial charge in [-0.25, -0.2) is 0 Å². The van der Waals surface area contributed by atoms with Crippen molar-refractivity contribution in [2.75, 3.05) is 26.2 Å². The number of hydrogen-bond donors (Lipinski definition) is 0. The van der Waals surface area contributed by atoms with Gasteiger partial charge in [0.2, 0.25) is 0 Å². The quantitative estimate of drug-likeness (QED) is 0.400. The van der Waals surface area contributed by atoms with Gasteiger partial charge in [-0.05, 0) is 0 Å². The number of halogens is 2. The second kappa shape index (κ2) is 17.8. The fourth-order valence-corrected chi connectivity index (χ4v) is 1.47. The second-order valence-corrected chi connectivity index (χ2v) is 3.46. The van der Waals surface area contributed by atoms with Gasteiger partial charge in [0.1, 0.15) is 0 Å². The molecule has 0 aromatic heterocycles. The van der Waals surface area contributed by atoms with Gasteiger partial charge in [0, 0.05) is 16.5 Å². The fourth-order valence-electron chi connectivity index (χ4n) is 1.47. The molecule has 2 aliphatic heterocycles. The molecule has 0 saturated carbocycles. The van der Waals surface area contributed by atoms with E-state index in [1.807, 2.05) is 0 Å². The monoisotopic (exact) mass is 384 g/mol. The van der Waals surface area contributed by atoms with E-state index in [0.29, 0.717) is 0 Å². The third-order valence-corrected chi connectivity index (χ3v) is 2.26. The van der Waals surface area contributed by atoms with E-state index in [1.165, 1.54) is 38.5 Å². The third kappa shape index (κ3) is 15.4. The molecule has 0 radical (unpaired) electrons. The fraction of sp³-hybridized carbons (Fsp3) is 1.00. The molecule has 0 aliphatic carbocycles. The van der Waals surface area contributed by atoms with Crippen LogP contribution in [-0.2, 0) is 16.5 Å². The Morgan fingerprint density at radius 2 is 0.733 bits per heavy atom. The molecule has 0 spiro atoms. The molecule has 15 heavy (non-hydrogen) atoms. The van der Waals surface area contributed by atoms with Crippen molar-refractivity contribution < 1.29 is 50.5 Å². The summed E-state index contributed by atoms with van der Waals surface area (Å²) in [5.74, 6) is 0. The molecule has 2 aliphatic rings. The summed E-state index contributed by atoms with van der Waals surface area (Å²) in [7, 11) is 0. The maximum absolute atomic E-state index is 4.18. The van der Waals surface area contributed by atoms with Gasteiger partial charge in [-0.3, -0.25) is 0 Å². The number of piperidine rings is 2. The predicted octanol–water partition coefficient (Wildman–Crippen LogP) is -2.91. The van der Waals surface area contributed by atoms with Gasteiger partial charge in [-0.2, -0.15) is 0 Å². The van der Waals surface area contributed by atoms with Gasteiger partial charge >= 0.3 is 0 Å². The first-order valence-corrected chi connectivity index (χ1v) is 5.26. The standard InChI is InChI=1S/2C5H10N.2BrH.Ni/c2*1-2-4-6-5-3-1;;;/h2*1-5H2;2*1H;/q2*-1;;;/p-2. The van der Waals surface area contributed by atoms with Crippen LogP contribution in [0, 0.1) is 0 Å². The Labute approximate surface area is 125 Å². The van der Waals surface area contributed by atoms with Crippen molar-refractivity contribution in [3.8, 4) is 0 Å². The van der Waals surface area contributed by atoms with Crippen molar-refractivity contribution in [1.29, 1.82) is 0 Å². The van der Waals surface area contributed by atoms with Crippen LogP contribution in [0.4, 0.5) is 0 Å². The third-order valence-electron chi connectivity index (χ3n) is 2.26. The van der Waals surface area contributed by atoms with E-state index in [1.54, 1.807) is 0 Å². The molecule has 0 aromatic rings. The smallest absolute Gasteiger partial charge is 0 e. The van der Waals surface area contributed by atoms with Crippen molar-refractivity contribution in [2.45, 2.75) is 38.5 Å². The normalized spacial score (nSPS) is 19.2. The summed E-state index contributed by atoms with van der Waals surface area (Å²) >= 11 is 0. The van der Waals surface area contributed by atoms with Crippen LogP contribution in [0.25, 0.3) is 10.6 Å². The Balaban J connectivity index is -0.000000160. The molecule has 98 valence electrons. The van der Waals surface area contributed by atoms with Gasteiger partial charge in [-0.15, -0.1) is 26.2 Å². The van der Waals surface area contributed by atoms with Crippen LogP contribution < -0.4 is 34.0 Å². The van der Waals surface area contributed by atoms with Gasteiger partial charge in [-0.1, -0.05) is 38.5 Å². The SMILES string of the molecule is C1CC[N-]CC1.C1CC[N-]CC1.[Br-].[Br-].[Ni]. The average Bonchev–Trinajstić information content (AvgIpc) is 2.24. The Hall–Kier alpha value is 1.37. The molecule has 2 rings (SSSR count). The summed E-state index contributed by atoms with van der Waals surface area (Å²) < 4.78 is 0. The molecule has 0 aromatic carbocycles. The largest absolute Gasteiger partial charge is 1.00 e. The first-order chi connectivity index (χ1) is 6.00. The summed E-state index contributed by atoms with van der Waals surface area (Å²) in [5, 5.41) is 8.35. The molecule has 0 unspecified atom stereocenters. The van der Waals surface area contributed by atoms with E-state index in [2.05, 4.69) is 10.6 Å². The van der Waals surface area contributed by atoms with E-state index in [4.69, 9.17) is 0 Å². The minimum absolute atomic E-state index is 0. The van der Waals surface area contributed by atoms with Crippen LogP contribution in [-0.4, -0.2) is 26.2 Å². The van der Waals surface area contributed by atoms with E-state index in [0.717, 1.165) is 26.2 Å². The summed E-state index contributed by atoms with van der Waals surface area (Å²) in [6, 6.07) is 0. The van der Waals surface area contributed by atoms with Crippen molar-refractivity contribution in [3.63, 3.8) is 0 Å². The molecule has 2 nitrogen and oxygen atoms in total. The summed E-state index contributed by atoms with van der Waals surface area (Å²) in [4.78, 5) is 0. The zero-order valence-corrected chi connectivity index (χ0v) is 13.2. The summed E-state index contributed by atoms with van der Waals surface area (Å²) in [6.45, 7) is 4.50. The van der Waals surface area contributed by atoms with E-state index >= 15 is 0 Å². The molecule has 0 N–H and O–H groups in total. The zero-order chi connectivity index (χ0) is 8.49. The second-order valence-electron chi connectivity index (χ2n) is 3.46. The van der Waals surface area contributed by atoms with Crippen molar-refractivity contribution in [2.24, 2.45) is 0 Å². The number of nitrogens with zero attached hydrogens (tertiary/aromatic N) is 2. The zero-order valence-electron chi connectivity index (χ0n) is 9.04. The van der Waals surface area contributed by atoms with Gasteiger partial charge in [0.05, 0.1) is 0 Å². The van der Waals surface area contributed by atoms with Crippen molar-refractivity contribution in [3.05, 3.63) is 10.6 Å². The minimum atomic E-state index is 0. The van der Waals surface area contributed by atoms with E-state index in [-0.39, 0.29) is 50.5 Å².